The highest BCUT2D eigenvalue weighted by molar-refractivity contribution is 5.80. The first-order valence-corrected chi connectivity index (χ1v) is 10.7. The molecule has 0 unspecified atom stereocenters. The van der Waals surface area contributed by atoms with Gasteiger partial charge in [0, 0.05) is 45.1 Å². The molecule has 0 atom stereocenters. The van der Waals surface area contributed by atoms with Crippen LogP contribution in [-0.2, 0) is 23.3 Å². The number of halogens is 1. The van der Waals surface area contributed by atoms with Crippen LogP contribution in [0.5, 0.6) is 0 Å². The summed E-state index contributed by atoms with van der Waals surface area (Å²) in [5.41, 5.74) is 3.14. The summed E-state index contributed by atoms with van der Waals surface area (Å²) in [6.07, 6.45) is 3.21. The van der Waals surface area contributed by atoms with Crippen LogP contribution < -0.4 is 10.6 Å². The lowest BCUT2D eigenvalue weighted by Gasteiger charge is -2.20. The average molecular weight is 409 g/mol. The fraction of sp³-hybridized carbons (Fsp3) is 0.417. The van der Waals surface area contributed by atoms with E-state index in [2.05, 4.69) is 27.8 Å². The number of hydrogen-bond donors (Lipinski definition) is 2. The van der Waals surface area contributed by atoms with Gasteiger partial charge in [-0.1, -0.05) is 42.5 Å². The molecule has 1 aliphatic carbocycles. The van der Waals surface area contributed by atoms with Crippen molar-refractivity contribution in [2.24, 2.45) is 4.99 Å². The highest BCUT2D eigenvalue weighted by Crippen LogP contribution is 2.48. The van der Waals surface area contributed by atoms with Crippen molar-refractivity contribution in [1.29, 1.82) is 0 Å². The third-order valence-electron chi connectivity index (χ3n) is 6.17. The third-order valence-corrected chi connectivity index (χ3v) is 6.17. The second-order valence-electron chi connectivity index (χ2n) is 8.23. The smallest absolute Gasteiger partial charge is 0.223 e. The second-order valence-corrected chi connectivity index (χ2v) is 8.23. The minimum atomic E-state index is -0.137. The van der Waals surface area contributed by atoms with Crippen LogP contribution in [0.15, 0.2) is 53.5 Å². The van der Waals surface area contributed by atoms with Crippen LogP contribution in [-0.4, -0.2) is 36.9 Å². The molecule has 2 aliphatic rings. The molecule has 0 radical (unpaired) electrons. The lowest BCUT2D eigenvalue weighted by atomic mass is 9.95. The maximum Gasteiger partial charge on any atom is 0.223 e. The number of carbonyl (C=O) groups is 1. The molecule has 158 valence electrons. The molecule has 0 aromatic heterocycles. The molecule has 1 saturated carbocycles. The van der Waals surface area contributed by atoms with Crippen molar-refractivity contribution >= 4 is 11.9 Å². The van der Waals surface area contributed by atoms with E-state index in [1.165, 1.54) is 17.2 Å². The Morgan fingerprint density at radius 2 is 1.73 bits per heavy atom. The van der Waals surface area contributed by atoms with E-state index < -0.39 is 0 Å². The van der Waals surface area contributed by atoms with Crippen molar-refractivity contribution in [3.05, 3.63) is 71.0 Å². The summed E-state index contributed by atoms with van der Waals surface area (Å²) in [7, 11) is 1.73. The Morgan fingerprint density at radius 1 is 1.07 bits per heavy atom. The summed E-state index contributed by atoms with van der Waals surface area (Å²) < 4.78 is 14.2. The fourth-order valence-electron chi connectivity index (χ4n) is 4.17. The molecule has 0 spiro atoms. The summed E-state index contributed by atoms with van der Waals surface area (Å²) in [4.78, 5) is 18.7. The quantitative estimate of drug-likeness (QED) is 0.420. The van der Waals surface area contributed by atoms with Gasteiger partial charge in [-0.15, -0.1) is 0 Å². The monoisotopic (exact) mass is 408 g/mol. The summed E-state index contributed by atoms with van der Waals surface area (Å²) in [6.45, 7) is 2.74. The number of amides is 1. The van der Waals surface area contributed by atoms with Crippen molar-refractivity contribution in [3.8, 4) is 0 Å². The molecule has 1 fully saturated rings. The zero-order chi connectivity index (χ0) is 21.0. The Labute approximate surface area is 177 Å². The molecule has 4 rings (SSSR count). The number of fused-ring (bicyclic) bond motifs is 1. The molecule has 6 heteroatoms. The minimum absolute atomic E-state index is 0.135. The van der Waals surface area contributed by atoms with Gasteiger partial charge in [-0.05, 0) is 42.0 Å². The normalized spacial score (nSPS) is 16.9. The molecule has 1 heterocycles. The Hall–Kier alpha value is -2.89. The molecule has 1 amide bonds. The van der Waals surface area contributed by atoms with Crippen molar-refractivity contribution in [1.82, 2.24) is 15.5 Å². The van der Waals surface area contributed by atoms with Gasteiger partial charge in [-0.25, -0.2) is 4.39 Å². The van der Waals surface area contributed by atoms with Crippen LogP contribution in [0.4, 0.5) is 4.39 Å². The standard InChI is InChI=1S/C24H29FN4O/c1-26-23(28-17-24(12-13-24)20-9-4-5-10-21(20)25)27-14-6-11-22(30)29-15-18-7-2-3-8-19(18)16-29/h2-5,7-10H,6,11-17H2,1H3,(H2,26,27,28). The van der Waals surface area contributed by atoms with Gasteiger partial charge in [0.25, 0.3) is 0 Å². The molecule has 2 aromatic rings. The zero-order valence-corrected chi connectivity index (χ0v) is 17.5. The number of nitrogens with zero attached hydrogens (tertiary/aromatic N) is 2. The summed E-state index contributed by atoms with van der Waals surface area (Å²) in [6, 6.07) is 15.2. The van der Waals surface area contributed by atoms with Crippen LogP contribution in [0.2, 0.25) is 0 Å². The van der Waals surface area contributed by atoms with Gasteiger partial charge in [0.1, 0.15) is 5.82 Å². The highest BCUT2D eigenvalue weighted by Gasteiger charge is 2.45. The first-order valence-electron chi connectivity index (χ1n) is 10.7. The first kappa shape index (κ1) is 20.4. The number of nitrogens with one attached hydrogen (secondary N) is 2. The number of carbonyl (C=O) groups excluding carboxylic acids is 1. The molecule has 1 aliphatic heterocycles. The molecule has 0 bridgehead atoms. The Bertz CT molecular complexity index is 913. The highest BCUT2D eigenvalue weighted by atomic mass is 19.1. The number of benzene rings is 2. The first-order chi connectivity index (χ1) is 14.6. The second kappa shape index (κ2) is 8.86. The van der Waals surface area contributed by atoms with Crippen LogP contribution in [0.25, 0.3) is 0 Å². The van der Waals surface area contributed by atoms with E-state index >= 15 is 0 Å². The van der Waals surface area contributed by atoms with Gasteiger partial charge in [0.15, 0.2) is 5.96 Å². The zero-order valence-electron chi connectivity index (χ0n) is 17.5. The van der Waals surface area contributed by atoms with Gasteiger partial charge in [0.05, 0.1) is 0 Å². The molecular formula is C24H29FN4O. The van der Waals surface area contributed by atoms with Crippen LogP contribution in [0.1, 0.15) is 42.4 Å². The topological polar surface area (TPSA) is 56.7 Å². The molecule has 5 nitrogen and oxygen atoms in total. The van der Waals surface area contributed by atoms with Gasteiger partial charge < -0.3 is 15.5 Å². The van der Waals surface area contributed by atoms with E-state index in [0.717, 1.165) is 24.8 Å². The molecule has 2 N–H and O–H groups in total. The minimum Gasteiger partial charge on any atom is -0.356 e. The van der Waals surface area contributed by atoms with Crippen LogP contribution >= 0.6 is 0 Å². The van der Waals surface area contributed by atoms with Gasteiger partial charge in [-0.2, -0.15) is 0 Å². The number of guanidine groups is 1. The van der Waals surface area contributed by atoms with E-state index in [4.69, 9.17) is 0 Å². The van der Waals surface area contributed by atoms with Crippen molar-refractivity contribution < 1.29 is 9.18 Å². The van der Waals surface area contributed by atoms with Crippen molar-refractivity contribution in [2.45, 2.75) is 44.2 Å². The predicted molar refractivity (Wildman–Crippen MR) is 117 cm³/mol. The van der Waals surface area contributed by atoms with E-state index in [9.17, 15) is 9.18 Å². The summed E-state index contributed by atoms with van der Waals surface area (Å²) in [5.74, 6) is 0.744. The van der Waals surface area contributed by atoms with Gasteiger partial charge in [-0.3, -0.25) is 9.79 Å². The average Bonchev–Trinajstić information content (AvgIpc) is 3.42. The van der Waals surface area contributed by atoms with Gasteiger partial charge in [0.2, 0.25) is 5.91 Å². The summed E-state index contributed by atoms with van der Waals surface area (Å²) >= 11 is 0. The Morgan fingerprint density at radius 3 is 2.37 bits per heavy atom. The maximum atomic E-state index is 14.2. The number of rotatable bonds is 7. The largest absolute Gasteiger partial charge is 0.356 e. The molecule has 30 heavy (non-hydrogen) atoms. The predicted octanol–water partition coefficient (Wildman–Crippen LogP) is 3.34. The Balaban J connectivity index is 1.19. The molecule has 2 aromatic carbocycles. The van der Waals surface area contributed by atoms with E-state index in [1.807, 2.05) is 29.2 Å². The van der Waals surface area contributed by atoms with Crippen LogP contribution in [0.3, 0.4) is 0 Å². The van der Waals surface area contributed by atoms with Gasteiger partial charge >= 0.3 is 0 Å². The lowest BCUT2D eigenvalue weighted by Crippen LogP contribution is -2.42. The molecule has 0 saturated heterocycles. The van der Waals surface area contributed by atoms with Crippen molar-refractivity contribution in [2.75, 3.05) is 20.1 Å². The summed E-state index contributed by atoms with van der Waals surface area (Å²) in [5, 5.41) is 6.60. The Kier molecular flexibility index (Phi) is 6.02. The SMILES string of the molecule is CN=C(NCCCC(=O)N1Cc2ccccc2C1)NCC1(c2ccccc2F)CC1. The molecular weight excluding hydrogens is 379 g/mol. The van der Waals surface area contributed by atoms with Crippen LogP contribution in [0, 0.1) is 5.82 Å². The number of aliphatic imine (C=N–C) groups is 1. The fourth-order valence-corrected chi connectivity index (χ4v) is 4.17. The third kappa shape index (κ3) is 4.48. The number of hydrogen-bond acceptors (Lipinski definition) is 2. The lowest BCUT2D eigenvalue weighted by molar-refractivity contribution is -0.131. The van der Waals surface area contributed by atoms with Crippen molar-refractivity contribution in [3.63, 3.8) is 0 Å². The van der Waals surface area contributed by atoms with E-state index in [-0.39, 0.29) is 17.1 Å². The van der Waals surface area contributed by atoms with E-state index in [1.54, 1.807) is 13.1 Å². The van der Waals surface area contributed by atoms with E-state index in [0.29, 0.717) is 38.6 Å². The maximum absolute atomic E-state index is 14.2.